The number of nitrogens with zero attached hydrogens (tertiary/aromatic N) is 2. The van der Waals surface area contributed by atoms with E-state index < -0.39 is 0 Å². The van der Waals surface area contributed by atoms with Crippen LogP contribution in [0.1, 0.15) is 31.9 Å². The first kappa shape index (κ1) is 22.8. The molecule has 1 aromatic carbocycles. The minimum atomic E-state index is -0.0560. The molecule has 0 spiro atoms. The lowest BCUT2D eigenvalue weighted by atomic mass is 10.0. The molecule has 0 saturated carbocycles. The number of ether oxygens (including phenoxy) is 2. The van der Waals surface area contributed by atoms with Crippen molar-refractivity contribution in [1.29, 1.82) is 0 Å². The molecule has 3 rings (SSSR count). The molecule has 0 radical (unpaired) electrons. The number of hydrogen-bond acceptors (Lipinski definition) is 5. The van der Waals surface area contributed by atoms with E-state index in [2.05, 4.69) is 29.0 Å². The smallest absolute Gasteiger partial charge is 0.222 e. The van der Waals surface area contributed by atoms with Gasteiger partial charge in [0.15, 0.2) is 0 Å². The summed E-state index contributed by atoms with van der Waals surface area (Å²) in [6.45, 7) is 10.5. The van der Waals surface area contributed by atoms with Crippen molar-refractivity contribution in [2.75, 3.05) is 52.6 Å². The van der Waals surface area contributed by atoms with Crippen molar-refractivity contribution < 1.29 is 14.3 Å². The average molecular weight is 444 g/mol. The number of morpholine rings is 2. The number of benzene rings is 1. The molecule has 1 amide bonds. The molecule has 3 atom stereocenters. The molecule has 3 unspecified atom stereocenters. The predicted molar refractivity (Wildman–Crippen MR) is 116 cm³/mol. The van der Waals surface area contributed by atoms with Gasteiger partial charge in [0.2, 0.25) is 5.91 Å². The zero-order chi connectivity index (χ0) is 20.8. The summed E-state index contributed by atoms with van der Waals surface area (Å²) in [5.74, 6) is 0.0418. The summed E-state index contributed by atoms with van der Waals surface area (Å²) in [4.78, 5) is 17.6. The molecule has 8 heteroatoms. The summed E-state index contributed by atoms with van der Waals surface area (Å²) < 4.78 is 10.9. The van der Waals surface area contributed by atoms with Crippen LogP contribution in [0.2, 0.25) is 10.0 Å². The van der Waals surface area contributed by atoms with Crippen LogP contribution in [0, 0.1) is 0 Å². The van der Waals surface area contributed by atoms with Crippen LogP contribution in [0.5, 0.6) is 0 Å². The summed E-state index contributed by atoms with van der Waals surface area (Å²) in [6, 6.07) is 5.89. The Labute approximate surface area is 183 Å². The molecule has 1 aromatic rings. The Kier molecular flexibility index (Phi) is 8.59. The largest absolute Gasteiger partial charge is 0.379 e. The summed E-state index contributed by atoms with van der Waals surface area (Å²) in [5, 5.41) is 4.24. The van der Waals surface area contributed by atoms with E-state index in [1.54, 1.807) is 6.07 Å². The molecule has 2 aliphatic rings. The molecule has 1 N–H and O–H groups in total. The molecule has 0 aliphatic carbocycles. The topological polar surface area (TPSA) is 54.0 Å². The summed E-state index contributed by atoms with van der Waals surface area (Å²) >= 11 is 12.3. The van der Waals surface area contributed by atoms with Gasteiger partial charge in [0.1, 0.15) is 0 Å². The van der Waals surface area contributed by atoms with E-state index in [1.165, 1.54) is 0 Å². The fourth-order valence-corrected chi connectivity index (χ4v) is 4.28. The van der Waals surface area contributed by atoms with Crippen molar-refractivity contribution in [3.8, 4) is 0 Å². The van der Waals surface area contributed by atoms with E-state index in [9.17, 15) is 4.79 Å². The number of hydrogen-bond donors (Lipinski definition) is 1. The van der Waals surface area contributed by atoms with E-state index in [0.29, 0.717) is 29.7 Å². The molecule has 2 fully saturated rings. The van der Waals surface area contributed by atoms with Gasteiger partial charge in [-0.25, -0.2) is 0 Å². The predicted octanol–water partition coefficient (Wildman–Crippen LogP) is 2.98. The van der Waals surface area contributed by atoms with Crippen molar-refractivity contribution in [2.24, 2.45) is 0 Å². The molecule has 29 heavy (non-hydrogen) atoms. The SMILES string of the molecule is CC(NC(=O)CC(c1ccc(Cl)c(Cl)c1)N1CCOCC1)C(C)N1CCOCC1. The standard InChI is InChI=1S/C21H31Cl2N3O3/c1-15(16(2)25-5-9-28-10-6-25)24-21(27)14-20(26-7-11-29-12-8-26)17-3-4-18(22)19(23)13-17/h3-4,13,15-16,20H,5-12,14H2,1-2H3,(H,24,27). The van der Waals surface area contributed by atoms with Gasteiger partial charge in [-0.2, -0.15) is 0 Å². The van der Waals surface area contributed by atoms with Gasteiger partial charge in [0.05, 0.1) is 36.5 Å². The van der Waals surface area contributed by atoms with Gasteiger partial charge in [-0.15, -0.1) is 0 Å². The lowest BCUT2D eigenvalue weighted by Crippen LogP contribution is -2.52. The highest BCUT2D eigenvalue weighted by atomic mass is 35.5. The van der Waals surface area contributed by atoms with Gasteiger partial charge in [0.25, 0.3) is 0 Å². The van der Waals surface area contributed by atoms with Gasteiger partial charge in [0, 0.05) is 50.7 Å². The number of rotatable bonds is 7. The second kappa shape index (κ2) is 10.9. The van der Waals surface area contributed by atoms with Crippen LogP contribution >= 0.6 is 23.2 Å². The number of halogens is 2. The van der Waals surface area contributed by atoms with E-state index >= 15 is 0 Å². The quantitative estimate of drug-likeness (QED) is 0.701. The molecule has 2 heterocycles. The van der Waals surface area contributed by atoms with Gasteiger partial charge in [-0.1, -0.05) is 29.3 Å². The fourth-order valence-electron chi connectivity index (χ4n) is 3.98. The van der Waals surface area contributed by atoms with Crippen LogP contribution < -0.4 is 5.32 Å². The highest BCUT2D eigenvalue weighted by molar-refractivity contribution is 6.42. The average Bonchev–Trinajstić information content (AvgIpc) is 2.74. The van der Waals surface area contributed by atoms with Crippen molar-refractivity contribution in [3.63, 3.8) is 0 Å². The molecule has 162 valence electrons. The van der Waals surface area contributed by atoms with E-state index in [0.717, 1.165) is 45.0 Å². The third kappa shape index (κ3) is 6.29. The first-order chi connectivity index (χ1) is 14.0. The maximum atomic E-state index is 12.9. The molecule has 0 bridgehead atoms. The Morgan fingerprint density at radius 2 is 1.59 bits per heavy atom. The van der Waals surface area contributed by atoms with Gasteiger partial charge >= 0.3 is 0 Å². The Hall–Kier alpha value is -0.890. The van der Waals surface area contributed by atoms with Crippen LogP contribution in [0.4, 0.5) is 0 Å². The third-order valence-electron chi connectivity index (χ3n) is 5.93. The number of carbonyl (C=O) groups excluding carboxylic acids is 1. The Bertz CT molecular complexity index is 679. The zero-order valence-corrected chi connectivity index (χ0v) is 18.7. The van der Waals surface area contributed by atoms with Gasteiger partial charge < -0.3 is 14.8 Å². The zero-order valence-electron chi connectivity index (χ0n) is 17.2. The van der Waals surface area contributed by atoms with E-state index in [4.69, 9.17) is 32.7 Å². The Morgan fingerprint density at radius 3 is 2.17 bits per heavy atom. The Balaban J connectivity index is 1.66. The number of nitrogens with one attached hydrogen (secondary N) is 1. The Morgan fingerprint density at radius 1 is 1.00 bits per heavy atom. The third-order valence-corrected chi connectivity index (χ3v) is 6.67. The van der Waals surface area contributed by atoms with Crippen molar-refractivity contribution in [1.82, 2.24) is 15.1 Å². The molecule has 2 aliphatic heterocycles. The van der Waals surface area contributed by atoms with Gasteiger partial charge in [-0.3, -0.25) is 14.6 Å². The van der Waals surface area contributed by atoms with Crippen LogP contribution in [-0.4, -0.2) is 80.4 Å². The van der Waals surface area contributed by atoms with Crippen LogP contribution in [0.15, 0.2) is 18.2 Å². The lowest BCUT2D eigenvalue weighted by Gasteiger charge is -2.37. The first-order valence-electron chi connectivity index (χ1n) is 10.3. The monoisotopic (exact) mass is 443 g/mol. The van der Waals surface area contributed by atoms with Crippen molar-refractivity contribution in [2.45, 2.75) is 38.4 Å². The highest BCUT2D eigenvalue weighted by Crippen LogP contribution is 2.31. The fraction of sp³-hybridized carbons (Fsp3) is 0.667. The van der Waals surface area contributed by atoms with Crippen LogP contribution in [-0.2, 0) is 14.3 Å². The molecule has 0 aromatic heterocycles. The number of carbonyl (C=O) groups is 1. The maximum Gasteiger partial charge on any atom is 0.222 e. The maximum absolute atomic E-state index is 12.9. The summed E-state index contributed by atoms with van der Waals surface area (Å²) in [6.07, 6.45) is 0.373. The molecular weight excluding hydrogens is 413 g/mol. The summed E-state index contributed by atoms with van der Waals surface area (Å²) in [5.41, 5.74) is 1.00. The van der Waals surface area contributed by atoms with Gasteiger partial charge in [-0.05, 0) is 31.5 Å². The minimum absolute atomic E-state index is 0.0418. The van der Waals surface area contributed by atoms with E-state index in [-0.39, 0.29) is 24.0 Å². The summed E-state index contributed by atoms with van der Waals surface area (Å²) in [7, 11) is 0. The molecular formula is C21H31Cl2N3O3. The highest BCUT2D eigenvalue weighted by Gasteiger charge is 2.28. The second-order valence-electron chi connectivity index (χ2n) is 7.79. The number of amides is 1. The lowest BCUT2D eigenvalue weighted by molar-refractivity contribution is -0.124. The minimum Gasteiger partial charge on any atom is -0.379 e. The van der Waals surface area contributed by atoms with E-state index in [1.807, 2.05) is 12.1 Å². The normalized spacial score (nSPS) is 22.1. The van der Waals surface area contributed by atoms with Crippen LogP contribution in [0.25, 0.3) is 0 Å². The first-order valence-corrected chi connectivity index (χ1v) is 11.1. The molecule has 2 saturated heterocycles. The van der Waals surface area contributed by atoms with Crippen LogP contribution in [0.3, 0.4) is 0 Å². The van der Waals surface area contributed by atoms with Crippen molar-refractivity contribution in [3.05, 3.63) is 33.8 Å². The second-order valence-corrected chi connectivity index (χ2v) is 8.60. The van der Waals surface area contributed by atoms with Crippen molar-refractivity contribution >= 4 is 29.1 Å². The molecule has 6 nitrogen and oxygen atoms in total.